The van der Waals surface area contributed by atoms with Crippen LogP contribution in [0.3, 0.4) is 0 Å². The Morgan fingerprint density at radius 3 is 2.25 bits per heavy atom. The Labute approximate surface area is 95.0 Å². The van der Waals surface area contributed by atoms with Crippen LogP contribution in [0.5, 0.6) is 5.75 Å². The third-order valence-electron chi connectivity index (χ3n) is 1.96. The van der Waals surface area contributed by atoms with Gasteiger partial charge in [-0.15, -0.1) is 0 Å². The minimum Gasteiger partial charge on any atom is -0.469 e. The molecule has 0 N–H and O–H groups in total. The number of esters is 2. The van der Waals surface area contributed by atoms with E-state index >= 15 is 0 Å². The van der Waals surface area contributed by atoms with Crippen LogP contribution < -0.4 is 4.74 Å². The maximum Gasteiger partial charge on any atom is 0.308 e. The minimum atomic E-state index is -0.823. The molecule has 1 atom stereocenters. The lowest BCUT2D eigenvalue weighted by Gasteiger charge is -2.10. The van der Waals surface area contributed by atoms with Gasteiger partial charge in [-0.25, -0.2) is 0 Å². The summed E-state index contributed by atoms with van der Waals surface area (Å²) in [5.41, 5.74) is 0.600. The summed E-state index contributed by atoms with van der Waals surface area (Å²) in [5.74, 6) is -1.32. The van der Waals surface area contributed by atoms with Crippen LogP contribution in [0.25, 0.3) is 0 Å². The minimum absolute atomic E-state index is 0.398. The number of ether oxygens (including phenoxy) is 2. The van der Waals surface area contributed by atoms with Gasteiger partial charge in [-0.3, -0.25) is 9.59 Å². The van der Waals surface area contributed by atoms with Gasteiger partial charge in [0.2, 0.25) is 0 Å². The lowest BCUT2D eigenvalue weighted by molar-refractivity contribution is -0.140. The molecule has 1 aromatic carbocycles. The van der Waals surface area contributed by atoms with E-state index < -0.39 is 17.8 Å². The molecule has 0 fully saturated rings. The predicted octanol–water partition coefficient (Wildman–Crippen LogP) is 0.994. The van der Waals surface area contributed by atoms with Crippen molar-refractivity contribution >= 4 is 19.8 Å². The molecule has 0 heterocycles. The number of carbonyl (C=O) groups excluding carboxylic acids is 2. The molecule has 0 aliphatic carbocycles. The van der Waals surface area contributed by atoms with Crippen LogP contribution in [0.1, 0.15) is 18.3 Å². The van der Waals surface area contributed by atoms with Crippen molar-refractivity contribution in [3.63, 3.8) is 0 Å². The van der Waals surface area contributed by atoms with E-state index in [1.807, 2.05) is 0 Å². The van der Waals surface area contributed by atoms with Gasteiger partial charge in [0.05, 0.1) is 15.0 Å². The highest BCUT2D eigenvalue weighted by Gasteiger charge is 2.14. The van der Waals surface area contributed by atoms with Crippen molar-refractivity contribution in [1.29, 1.82) is 0 Å². The van der Waals surface area contributed by atoms with Crippen LogP contribution in [0.15, 0.2) is 24.3 Å². The fourth-order valence-corrected chi connectivity index (χ4v) is 1.17. The number of rotatable bonds is 3. The molecule has 0 saturated heterocycles. The first kappa shape index (κ1) is 12.3. The summed E-state index contributed by atoms with van der Waals surface area (Å²) in [4.78, 5) is 21.8. The molecule has 4 nitrogen and oxygen atoms in total. The lowest BCUT2D eigenvalue weighted by Crippen LogP contribution is -2.14. The summed E-state index contributed by atoms with van der Waals surface area (Å²) in [5, 5.41) is 0. The number of hydrogen-bond acceptors (Lipinski definition) is 4. The quantitative estimate of drug-likeness (QED) is 0.431. The largest absolute Gasteiger partial charge is 0.469 e. The second-order valence-corrected chi connectivity index (χ2v) is 3.16. The van der Waals surface area contributed by atoms with Gasteiger partial charge < -0.3 is 9.47 Å². The summed E-state index contributed by atoms with van der Waals surface area (Å²) in [6, 6.07) is 6.36. The first-order valence-electron chi connectivity index (χ1n) is 4.66. The fraction of sp³-hybridized carbons (Fsp3) is 0.273. The van der Waals surface area contributed by atoms with E-state index in [0.717, 1.165) is 0 Å². The van der Waals surface area contributed by atoms with Crippen molar-refractivity contribution in [2.45, 2.75) is 12.7 Å². The van der Waals surface area contributed by atoms with Crippen molar-refractivity contribution in [1.82, 2.24) is 0 Å². The molecule has 0 bridgehead atoms. The first-order chi connectivity index (χ1) is 7.54. The van der Waals surface area contributed by atoms with E-state index in [4.69, 9.17) is 12.6 Å². The van der Waals surface area contributed by atoms with Gasteiger partial charge in [-0.2, -0.15) is 0 Å². The van der Waals surface area contributed by atoms with E-state index in [1.54, 1.807) is 24.3 Å². The highest BCUT2D eigenvalue weighted by molar-refractivity contribution is 6.23. The van der Waals surface area contributed by atoms with Crippen LogP contribution in [-0.4, -0.2) is 26.9 Å². The SMILES string of the molecule is [B]C(C(=O)OC)c1ccc(OC(C)=O)cc1. The molecule has 0 aliphatic rings. The number of benzene rings is 1. The summed E-state index contributed by atoms with van der Waals surface area (Å²) in [6.45, 7) is 1.31. The molecule has 82 valence electrons. The Balaban J connectivity index is 2.78. The van der Waals surface area contributed by atoms with Crippen LogP contribution in [0.4, 0.5) is 0 Å². The Bertz CT molecular complexity index is 385. The third kappa shape index (κ3) is 3.12. The molecule has 1 unspecified atom stereocenters. The van der Waals surface area contributed by atoms with Gasteiger partial charge in [0, 0.05) is 12.7 Å². The average Bonchev–Trinajstić information content (AvgIpc) is 2.27. The van der Waals surface area contributed by atoms with E-state index in [9.17, 15) is 9.59 Å². The normalized spacial score (nSPS) is 11.6. The van der Waals surface area contributed by atoms with Crippen molar-refractivity contribution in [2.24, 2.45) is 0 Å². The number of hydrogen-bond donors (Lipinski definition) is 0. The summed E-state index contributed by atoms with van der Waals surface area (Å²) in [6.07, 6.45) is 0. The van der Waals surface area contributed by atoms with Crippen LogP contribution >= 0.6 is 0 Å². The Kier molecular flexibility index (Phi) is 4.11. The van der Waals surface area contributed by atoms with E-state index in [2.05, 4.69) is 4.74 Å². The third-order valence-corrected chi connectivity index (χ3v) is 1.96. The zero-order valence-electron chi connectivity index (χ0n) is 9.10. The fourth-order valence-electron chi connectivity index (χ4n) is 1.17. The van der Waals surface area contributed by atoms with Crippen molar-refractivity contribution in [3.05, 3.63) is 29.8 Å². The smallest absolute Gasteiger partial charge is 0.308 e. The molecule has 0 amide bonds. The van der Waals surface area contributed by atoms with Gasteiger partial charge >= 0.3 is 11.9 Å². The van der Waals surface area contributed by atoms with E-state index in [1.165, 1.54) is 14.0 Å². The van der Waals surface area contributed by atoms with Crippen LogP contribution in [0.2, 0.25) is 0 Å². The zero-order chi connectivity index (χ0) is 12.1. The monoisotopic (exact) mass is 218 g/mol. The van der Waals surface area contributed by atoms with Crippen molar-refractivity contribution in [3.8, 4) is 5.75 Å². The predicted molar refractivity (Wildman–Crippen MR) is 58.3 cm³/mol. The van der Waals surface area contributed by atoms with Gasteiger partial charge in [0.1, 0.15) is 5.75 Å². The molecular weight excluding hydrogens is 207 g/mol. The molecule has 1 rings (SSSR count). The summed E-state index contributed by atoms with van der Waals surface area (Å²) < 4.78 is 9.35. The Morgan fingerprint density at radius 2 is 1.81 bits per heavy atom. The van der Waals surface area contributed by atoms with Crippen LogP contribution in [-0.2, 0) is 14.3 Å². The molecule has 0 aliphatic heterocycles. The highest BCUT2D eigenvalue weighted by Crippen LogP contribution is 2.18. The molecular formula is C11H11BO4. The van der Waals surface area contributed by atoms with Gasteiger partial charge in [-0.1, -0.05) is 12.1 Å². The number of carbonyl (C=O) groups is 2. The van der Waals surface area contributed by atoms with Gasteiger partial charge in [-0.05, 0) is 17.7 Å². The Morgan fingerprint density at radius 1 is 1.25 bits per heavy atom. The van der Waals surface area contributed by atoms with E-state index in [0.29, 0.717) is 11.3 Å². The molecule has 5 heteroatoms. The number of methoxy groups -OCH3 is 1. The maximum atomic E-state index is 11.1. The second-order valence-electron chi connectivity index (χ2n) is 3.16. The second kappa shape index (κ2) is 5.35. The van der Waals surface area contributed by atoms with Crippen molar-refractivity contribution in [2.75, 3.05) is 7.11 Å². The molecule has 0 saturated carbocycles. The standard InChI is InChI=1S/C11H11BO4/c1-7(13)16-9-5-3-8(4-6-9)10(12)11(14)15-2/h3-6,10H,1-2H3. The molecule has 1 aromatic rings. The average molecular weight is 218 g/mol. The topological polar surface area (TPSA) is 52.6 Å². The molecule has 16 heavy (non-hydrogen) atoms. The highest BCUT2D eigenvalue weighted by atomic mass is 16.5. The molecule has 0 spiro atoms. The lowest BCUT2D eigenvalue weighted by atomic mass is 9.81. The molecule has 0 aromatic heterocycles. The van der Waals surface area contributed by atoms with Crippen LogP contribution in [0, 0.1) is 0 Å². The van der Waals surface area contributed by atoms with E-state index in [-0.39, 0.29) is 0 Å². The first-order valence-corrected chi connectivity index (χ1v) is 4.66. The summed E-state index contributed by atoms with van der Waals surface area (Å²) in [7, 11) is 6.89. The summed E-state index contributed by atoms with van der Waals surface area (Å²) >= 11 is 0. The van der Waals surface area contributed by atoms with Gasteiger partial charge in [0.15, 0.2) is 0 Å². The van der Waals surface area contributed by atoms with Crippen molar-refractivity contribution < 1.29 is 19.1 Å². The van der Waals surface area contributed by atoms with Gasteiger partial charge in [0.25, 0.3) is 0 Å². The Hall–Kier alpha value is -1.78. The molecule has 2 radical (unpaired) electrons. The maximum absolute atomic E-state index is 11.1. The zero-order valence-corrected chi connectivity index (χ0v) is 9.10.